The summed E-state index contributed by atoms with van der Waals surface area (Å²) in [4.78, 5) is 16.1. The van der Waals surface area contributed by atoms with Crippen molar-refractivity contribution < 1.29 is 0 Å². The van der Waals surface area contributed by atoms with E-state index >= 15 is 0 Å². The van der Waals surface area contributed by atoms with Gasteiger partial charge >= 0.3 is 0 Å². The van der Waals surface area contributed by atoms with Crippen molar-refractivity contribution in [1.29, 1.82) is 0 Å². The highest BCUT2D eigenvalue weighted by Gasteiger charge is 2.19. The van der Waals surface area contributed by atoms with E-state index < -0.39 is 0 Å². The van der Waals surface area contributed by atoms with Crippen LogP contribution in [0.2, 0.25) is 0 Å². The molecule has 0 amide bonds. The van der Waals surface area contributed by atoms with Gasteiger partial charge in [-0.05, 0) is 123 Å². The molecule has 15 rings (SSSR count). The number of benzene rings is 13. The van der Waals surface area contributed by atoms with Crippen LogP contribution in [0.4, 0.5) is 0 Å². The Morgan fingerprint density at radius 3 is 1.03 bits per heavy atom. The molecular formula is C71H43N3. The molecule has 342 valence electrons. The third-order valence-electron chi connectivity index (χ3n) is 15.2. The second kappa shape index (κ2) is 16.9. The van der Waals surface area contributed by atoms with Gasteiger partial charge in [-0.25, -0.2) is 15.0 Å². The molecular weight excluding hydrogens is 895 g/mol. The normalized spacial score (nSPS) is 11.8. The van der Waals surface area contributed by atoms with E-state index in [9.17, 15) is 0 Å². The van der Waals surface area contributed by atoms with Crippen molar-refractivity contribution >= 4 is 86.3 Å². The lowest BCUT2D eigenvalue weighted by Gasteiger charge is -2.17. The van der Waals surface area contributed by atoms with E-state index in [-0.39, 0.29) is 0 Å². The van der Waals surface area contributed by atoms with Gasteiger partial charge in [-0.1, -0.05) is 231 Å². The molecule has 13 aromatic carbocycles. The molecule has 0 aliphatic carbocycles. The second-order valence-corrected chi connectivity index (χ2v) is 19.4. The molecule has 74 heavy (non-hydrogen) atoms. The molecule has 0 saturated carbocycles. The van der Waals surface area contributed by atoms with Crippen molar-refractivity contribution in [3.8, 4) is 67.4 Å². The number of aromatic nitrogens is 3. The Balaban J connectivity index is 0.964. The van der Waals surface area contributed by atoms with Crippen molar-refractivity contribution in [2.24, 2.45) is 0 Å². The third-order valence-corrected chi connectivity index (χ3v) is 15.2. The third kappa shape index (κ3) is 6.78. The molecule has 0 aliphatic rings. The predicted molar refractivity (Wildman–Crippen MR) is 312 cm³/mol. The van der Waals surface area contributed by atoms with E-state index in [4.69, 9.17) is 15.0 Å². The molecule has 15 aromatic rings. The molecule has 0 atom stereocenters. The van der Waals surface area contributed by atoms with Crippen LogP contribution in [0.3, 0.4) is 0 Å². The summed E-state index contributed by atoms with van der Waals surface area (Å²) in [5.41, 5.74) is 12.3. The van der Waals surface area contributed by atoms with Gasteiger partial charge in [0.15, 0.2) is 5.82 Å². The first kappa shape index (κ1) is 41.9. The van der Waals surface area contributed by atoms with E-state index in [1.165, 1.54) is 75.8 Å². The van der Waals surface area contributed by atoms with E-state index in [0.29, 0.717) is 5.82 Å². The number of fused-ring (bicyclic) bond motifs is 15. The molecule has 3 nitrogen and oxygen atoms in total. The van der Waals surface area contributed by atoms with E-state index in [2.05, 4.69) is 249 Å². The van der Waals surface area contributed by atoms with Crippen LogP contribution < -0.4 is 0 Å². The van der Waals surface area contributed by atoms with Crippen molar-refractivity contribution in [3.05, 3.63) is 261 Å². The molecule has 0 saturated heterocycles. The van der Waals surface area contributed by atoms with Crippen molar-refractivity contribution in [1.82, 2.24) is 15.0 Å². The standard InChI is InChI=1S/C71H43N3/c1-3-17-45(18-4-1)68-43-69(46-19-5-2-6-20-46)74-71(73-68)47-33-31-44(32-34-47)63-42-67(49-36-38-60-55-26-10-8-22-51(55)53-24-12-14-28-57(53)65(60)40-49)72-70-61-30-16-15-29-58(61)62(41-66(63)70)48-35-37-59-54-25-9-7-21-50(54)52-23-11-13-27-56(52)64(59)39-48/h1-43H. The fourth-order valence-corrected chi connectivity index (χ4v) is 11.7. The van der Waals surface area contributed by atoms with E-state index in [1.807, 2.05) is 12.1 Å². The number of hydrogen-bond acceptors (Lipinski definition) is 3. The molecule has 0 bridgehead atoms. The molecule has 0 fully saturated rings. The van der Waals surface area contributed by atoms with E-state index in [0.717, 1.165) is 72.1 Å². The maximum atomic E-state index is 5.69. The highest BCUT2D eigenvalue weighted by molar-refractivity contribution is 6.27. The Labute approximate surface area is 427 Å². The van der Waals surface area contributed by atoms with Crippen molar-refractivity contribution in [2.45, 2.75) is 0 Å². The Kier molecular flexibility index (Phi) is 9.57. The molecule has 0 spiro atoms. The van der Waals surface area contributed by atoms with Gasteiger partial charge in [-0.2, -0.15) is 0 Å². The monoisotopic (exact) mass is 937 g/mol. The molecule has 0 radical (unpaired) electrons. The fourth-order valence-electron chi connectivity index (χ4n) is 11.7. The van der Waals surface area contributed by atoms with Crippen LogP contribution in [-0.4, -0.2) is 15.0 Å². The zero-order valence-electron chi connectivity index (χ0n) is 40.2. The van der Waals surface area contributed by atoms with Crippen LogP contribution in [-0.2, 0) is 0 Å². The van der Waals surface area contributed by atoms with Crippen LogP contribution in [0, 0.1) is 0 Å². The van der Waals surface area contributed by atoms with Gasteiger partial charge in [0.2, 0.25) is 0 Å². The molecule has 2 heterocycles. The highest BCUT2D eigenvalue weighted by Crippen LogP contribution is 2.44. The summed E-state index contributed by atoms with van der Waals surface area (Å²) < 4.78 is 0. The first-order chi connectivity index (χ1) is 36.7. The summed E-state index contributed by atoms with van der Waals surface area (Å²) in [5.74, 6) is 0.679. The number of rotatable bonds is 6. The quantitative estimate of drug-likeness (QED) is 0.156. The maximum Gasteiger partial charge on any atom is 0.160 e. The molecule has 0 unspecified atom stereocenters. The molecule has 0 N–H and O–H groups in total. The smallest absolute Gasteiger partial charge is 0.160 e. The Morgan fingerprint density at radius 2 is 0.527 bits per heavy atom. The summed E-state index contributed by atoms with van der Waals surface area (Å²) in [5, 5.41) is 18.4. The van der Waals surface area contributed by atoms with Gasteiger partial charge in [0.05, 0.1) is 22.6 Å². The van der Waals surface area contributed by atoms with Gasteiger partial charge in [0.25, 0.3) is 0 Å². The summed E-state index contributed by atoms with van der Waals surface area (Å²) in [6.45, 7) is 0. The largest absolute Gasteiger partial charge is 0.247 e. The van der Waals surface area contributed by atoms with Gasteiger partial charge in [-0.3, -0.25) is 0 Å². The lowest BCUT2D eigenvalue weighted by atomic mass is 9.88. The number of pyridine rings is 1. The maximum absolute atomic E-state index is 5.69. The Hall–Kier alpha value is -9.83. The fraction of sp³-hybridized carbons (Fsp3) is 0. The molecule has 0 aliphatic heterocycles. The van der Waals surface area contributed by atoms with Gasteiger partial charge in [-0.15, -0.1) is 0 Å². The van der Waals surface area contributed by atoms with Crippen LogP contribution in [0.1, 0.15) is 0 Å². The van der Waals surface area contributed by atoms with Crippen molar-refractivity contribution in [2.75, 3.05) is 0 Å². The topological polar surface area (TPSA) is 38.7 Å². The predicted octanol–water partition coefficient (Wildman–Crippen LogP) is 19.1. The van der Waals surface area contributed by atoms with Crippen LogP contribution in [0.15, 0.2) is 261 Å². The number of nitrogens with zero attached hydrogens (tertiary/aromatic N) is 3. The summed E-state index contributed by atoms with van der Waals surface area (Å²) >= 11 is 0. The minimum atomic E-state index is 0.679. The second-order valence-electron chi connectivity index (χ2n) is 19.4. The minimum absolute atomic E-state index is 0.679. The van der Waals surface area contributed by atoms with Gasteiger partial charge in [0.1, 0.15) is 0 Å². The average molecular weight is 938 g/mol. The lowest BCUT2D eigenvalue weighted by molar-refractivity contribution is 1.18. The van der Waals surface area contributed by atoms with Crippen LogP contribution >= 0.6 is 0 Å². The summed E-state index contributed by atoms with van der Waals surface area (Å²) in [6, 6.07) is 94.3. The zero-order chi connectivity index (χ0) is 48.7. The average Bonchev–Trinajstić information content (AvgIpc) is 3.50. The Bertz CT molecular complexity index is 4630. The minimum Gasteiger partial charge on any atom is -0.247 e. The zero-order valence-corrected chi connectivity index (χ0v) is 40.2. The van der Waals surface area contributed by atoms with Crippen molar-refractivity contribution in [3.63, 3.8) is 0 Å². The highest BCUT2D eigenvalue weighted by atomic mass is 14.9. The molecule has 2 aromatic heterocycles. The lowest BCUT2D eigenvalue weighted by Crippen LogP contribution is -1.96. The first-order valence-electron chi connectivity index (χ1n) is 25.3. The number of hydrogen-bond donors (Lipinski definition) is 0. The van der Waals surface area contributed by atoms with Gasteiger partial charge < -0.3 is 0 Å². The summed E-state index contributed by atoms with van der Waals surface area (Å²) in [7, 11) is 0. The van der Waals surface area contributed by atoms with Crippen LogP contribution in [0.25, 0.3) is 154 Å². The van der Waals surface area contributed by atoms with Gasteiger partial charge in [0, 0.05) is 33.0 Å². The molecule has 3 heteroatoms. The van der Waals surface area contributed by atoms with E-state index in [1.54, 1.807) is 0 Å². The SMILES string of the molecule is c1ccc(-c2cc(-c3ccccc3)nc(-c3ccc(-c4cc(-c5ccc6c7ccccc7c7ccccc7c6c5)nc5c4cc(-c4ccc6c7ccccc7c7ccccc7c6c4)c4ccccc45)cc3)n2)cc1. The first-order valence-corrected chi connectivity index (χ1v) is 25.3. The summed E-state index contributed by atoms with van der Waals surface area (Å²) in [6.07, 6.45) is 0. The Morgan fingerprint density at radius 1 is 0.176 bits per heavy atom. The van der Waals surface area contributed by atoms with Crippen LogP contribution in [0.5, 0.6) is 0 Å².